The lowest BCUT2D eigenvalue weighted by Gasteiger charge is -2.29. The summed E-state index contributed by atoms with van der Waals surface area (Å²) in [7, 11) is 0. The van der Waals surface area contributed by atoms with E-state index in [1.54, 1.807) is 0 Å². The van der Waals surface area contributed by atoms with Gasteiger partial charge in [-0.3, -0.25) is 0 Å². The van der Waals surface area contributed by atoms with Crippen LogP contribution in [0.5, 0.6) is 0 Å². The van der Waals surface area contributed by atoms with Gasteiger partial charge in [0.25, 0.3) is 0 Å². The summed E-state index contributed by atoms with van der Waals surface area (Å²) in [6, 6.07) is 17.5. The maximum absolute atomic E-state index is 6.99. The Labute approximate surface area is 182 Å². The van der Waals surface area contributed by atoms with Gasteiger partial charge in [0.1, 0.15) is 30.0 Å². The molecule has 162 valence electrons. The molecule has 5 heteroatoms. The van der Waals surface area contributed by atoms with Crippen molar-refractivity contribution in [3.05, 3.63) is 59.7 Å². The van der Waals surface area contributed by atoms with Crippen LogP contribution in [0.1, 0.15) is 45.2 Å². The Hall–Kier alpha value is -1.76. The highest BCUT2D eigenvalue weighted by Crippen LogP contribution is 2.75. The van der Waals surface area contributed by atoms with Crippen molar-refractivity contribution in [1.29, 1.82) is 0 Å². The van der Waals surface area contributed by atoms with Gasteiger partial charge in [0.15, 0.2) is 11.6 Å². The van der Waals surface area contributed by atoms with E-state index in [1.807, 2.05) is 27.7 Å². The standard InChI is InChI=1S/C26H28O5/c1-23(2)27-13-19(28-23)20-21-22(31-24(3,4)29-21)26(30-20)14-25(26)17-11-7-5-9-15(17)16-10-6-8-12-18(16)25/h5-12,19-22H,13-14H2,1-4H3/t19-,20-,21+,22+,26+/m1/s1. The minimum atomic E-state index is -0.652. The molecule has 2 aromatic rings. The molecule has 0 aromatic heterocycles. The van der Waals surface area contributed by atoms with E-state index in [0.29, 0.717) is 6.61 Å². The average Bonchev–Trinajstić information content (AvgIpc) is 2.97. The molecular formula is C26H28O5. The first-order valence-electron chi connectivity index (χ1n) is 11.3. The maximum atomic E-state index is 6.99. The molecule has 5 nitrogen and oxygen atoms in total. The summed E-state index contributed by atoms with van der Waals surface area (Å²) in [5, 5.41) is 0. The van der Waals surface area contributed by atoms with Gasteiger partial charge in [0.2, 0.25) is 0 Å². The molecule has 2 aromatic carbocycles. The minimum Gasteiger partial charge on any atom is -0.362 e. The number of rotatable bonds is 1. The van der Waals surface area contributed by atoms with Crippen molar-refractivity contribution in [3.63, 3.8) is 0 Å². The predicted octanol–water partition coefficient (Wildman–Crippen LogP) is 4.17. The lowest BCUT2D eigenvalue weighted by Crippen LogP contribution is -2.40. The fraction of sp³-hybridized carbons (Fsp3) is 0.538. The summed E-state index contributed by atoms with van der Waals surface area (Å²) in [5.74, 6) is -1.26. The van der Waals surface area contributed by atoms with Crippen LogP contribution in [0, 0.1) is 0 Å². The molecule has 0 N–H and O–H groups in total. The van der Waals surface area contributed by atoms with E-state index >= 15 is 0 Å². The number of fused-ring (bicyclic) bond motifs is 8. The van der Waals surface area contributed by atoms with Crippen LogP contribution in [0.2, 0.25) is 0 Å². The highest BCUT2D eigenvalue weighted by Gasteiger charge is 2.83. The number of hydrogen-bond acceptors (Lipinski definition) is 5. The van der Waals surface area contributed by atoms with Gasteiger partial charge >= 0.3 is 0 Å². The Morgan fingerprint density at radius 3 is 1.97 bits per heavy atom. The Balaban J connectivity index is 1.36. The van der Waals surface area contributed by atoms with Gasteiger partial charge in [-0.1, -0.05) is 48.5 Å². The lowest BCUT2D eigenvalue weighted by atomic mass is 9.86. The van der Waals surface area contributed by atoms with Crippen LogP contribution in [-0.4, -0.2) is 48.2 Å². The van der Waals surface area contributed by atoms with Crippen LogP contribution in [-0.2, 0) is 29.1 Å². The van der Waals surface area contributed by atoms with Crippen LogP contribution < -0.4 is 0 Å². The molecule has 0 amide bonds. The van der Waals surface area contributed by atoms with Gasteiger partial charge in [-0.25, -0.2) is 0 Å². The summed E-state index contributed by atoms with van der Waals surface area (Å²) in [4.78, 5) is 0. The van der Waals surface area contributed by atoms with Crippen LogP contribution in [0.3, 0.4) is 0 Å². The molecule has 0 bridgehead atoms. The van der Waals surface area contributed by atoms with Crippen LogP contribution in [0.4, 0.5) is 0 Å². The van der Waals surface area contributed by atoms with Crippen molar-refractivity contribution >= 4 is 0 Å². The third kappa shape index (κ3) is 2.24. The van der Waals surface area contributed by atoms with Gasteiger partial charge in [-0.2, -0.15) is 0 Å². The molecule has 2 spiro atoms. The Morgan fingerprint density at radius 2 is 1.35 bits per heavy atom. The zero-order valence-electron chi connectivity index (χ0n) is 18.4. The Morgan fingerprint density at radius 1 is 0.710 bits per heavy atom. The largest absolute Gasteiger partial charge is 0.362 e. The summed E-state index contributed by atoms with van der Waals surface area (Å²) in [6.07, 6.45) is 0.148. The highest BCUT2D eigenvalue weighted by molar-refractivity contribution is 5.85. The zero-order valence-corrected chi connectivity index (χ0v) is 18.4. The SMILES string of the molecule is CC1(C)OC[C@H]([C@H]2O[C@@]3(CC34c3ccccc3-c3ccccc34)[C@H]3OC(C)(C)O[C@@H]23)O1. The molecule has 5 aliphatic rings. The molecule has 4 fully saturated rings. The second kappa shape index (κ2) is 5.59. The molecule has 2 aliphatic carbocycles. The van der Waals surface area contributed by atoms with E-state index in [2.05, 4.69) is 48.5 Å². The smallest absolute Gasteiger partial charge is 0.164 e. The normalized spacial score (nSPS) is 39.6. The van der Waals surface area contributed by atoms with E-state index in [-0.39, 0.29) is 29.8 Å². The summed E-state index contributed by atoms with van der Waals surface area (Å²) in [5.41, 5.74) is 4.61. The van der Waals surface area contributed by atoms with Gasteiger partial charge in [-0.05, 0) is 56.4 Å². The first-order valence-corrected chi connectivity index (χ1v) is 11.3. The average molecular weight is 421 g/mol. The predicted molar refractivity (Wildman–Crippen MR) is 114 cm³/mol. The molecule has 1 saturated carbocycles. The fourth-order valence-corrected chi connectivity index (χ4v) is 6.74. The van der Waals surface area contributed by atoms with Crippen molar-refractivity contribution in [2.45, 2.75) is 81.1 Å². The molecule has 5 atom stereocenters. The molecule has 3 saturated heterocycles. The van der Waals surface area contributed by atoms with E-state index < -0.39 is 17.2 Å². The minimum absolute atomic E-state index is 0.154. The monoisotopic (exact) mass is 420 g/mol. The summed E-state index contributed by atoms with van der Waals surface area (Å²) < 4.78 is 32.1. The number of ether oxygens (including phenoxy) is 5. The van der Waals surface area contributed by atoms with Gasteiger partial charge in [0, 0.05) is 0 Å². The van der Waals surface area contributed by atoms with E-state index in [0.717, 1.165) is 6.42 Å². The van der Waals surface area contributed by atoms with Crippen LogP contribution >= 0.6 is 0 Å². The third-order valence-electron chi connectivity index (χ3n) is 7.84. The second-order valence-corrected chi connectivity index (χ2v) is 10.5. The van der Waals surface area contributed by atoms with Gasteiger partial charge < -0.3 is 23.7 Å². The molecule has 0 unspecified atom stereocenters. The lowest BCUT2D eigenvalue weighted by molar-refractivity contribution is -0.212. The highest BCUT2D eigenvalue weighted by atomic mass is 16.8. The van der Waals surface area contributed by atoms with E-state index in [1.165, 1.54) is 22.3 Å². The topological polar surface area (TPSA) is 46.2 Å². The number of hydrogen-bond donors (Lipinski definition) is 0. The summed E-state index contributed by atoms with van der Waals surface area (Å²) in [6.45, 7) is 8.40. The first-order chi connectivity index (χ1) is 14.8. The van der Waals surface area contributed by atoms with Crippen LogP contribution in [0.25, 0.3) is 11.1 Å². The Kier molecular flexibility index (Phi) is 3.38. The van der Waals surface area contributed by atoms with Crippen molar-refractivity contribution in [2.75, 3.05) is 6.61 Å². The zero-order chi connectivity index (χ0) is 21.2. The summed E-state index contributed by atoms with van der Waals surface area (Å²) >= 11 is 0. The molecule has 31 heavy (non-hydrogen) atoms. The van der Waals surface area contributed by atoms with Crippen molar-refractivity contribution < 1.29 is 23.7 Å². The van der Waals surface area contributed by atoms with Gasteiger partial charge in [0.05, 0.1) is 12.0 Å². The van der Waals surface area contributed by atoms with E-state index in [9.17, 15) is 0 Å². The first kappa shape index (κ1) is 18.8. The molecule has 3 aliphatic heterocycles. The van der Waals surface area contributed by atoms with Crippen LogP contribution in [0.15, 0.2) is 48.5 Å². The molecular weight excluding hydrogens is 392 g/mol. The Bertz CT molecular complexity index is 1050. The number of benzene rings is 2. The van der Waals surface area contributed by atoms with Gasteiger partial charge in [-0.15, -0.1) is 0 Å². The maximum Gasteiger partial charge on any atom is 0.164 e. The molecule has 3 heterocycles. The van der Waals surface area contributed by atoms with Crippen molar-refractivity contribution in [1.82, 2.24) is 0 Å². The quantitative estimate of drug-likeness (QED) is 0.693. The fourth-order valence-electron chi connectivity index (χ4n) is 6.74. The van der Waals surface area contributed by atoms with Crippen molar-refractivity contribution in [2.24, 2.45) is 0 Å². The van der Waals surface area contributed by atoms with Crippen molar-refractivity contribution in [3.8, 4) is 11.1 Å². The van der Waals surface area contributed by atoms with E-state index in [4.69, 9.17) is 23.7 Å². The molecule has 7 rings (SSSR count). The molecule has 0 radical (unpaired) electrons. The second-order valence-electron chi connectivity index (χ2n) is 10.5. The third-order valence-corrected chi connectivity index (χ3v) is 7.84.